The maximum absolute atomic E-state index is 13.0. The number of aliphatic carboxylic acids is 1. The highest BCUT2D eigenvalue weighted by atomic mass is 79.9. The van der Waals surface area contributed by atoms with Crippen molar-refractivity contribution in [3.8, 4) is 0 Å². The Hall–Kier alpha value is -0.980. The van der Waals surface area contributed by atoms with Gasteiger partial charge in [0.2, 0.25) is 0 Å². The first-order valence-corrected chi connectivity index (χ1v) is 6.00. The molecule has 1 rings (SSSR count). The second kappa shape index (κ2) is 6.09. The van der Waals surface area contributed by atoms with Crippen LogP contribution in [-0.2, 0) is 11.2 Å². The van der Waals surface area contributed by atoms with Crippen molar-refractivity contribution in [2.45, 2.75) is 18.6 Å². The van der Waals surface area contributed by atoms with Crippen LogP contribution in [0.1, 0.15) is 17.2 Å². The molecule has 0 amide bonds. The lowest BCUT2D eigenvalue weighted by Gasteiger charge is -2.18. The number of rotatable bonds is 5. The van der Waals surface area contributed by atoms with Gasteiger partial charge in [-0.1, -0.05) is 22.0 Å². The fourth-order valence-electron chi connectivity index (χ4n) is 1.47. The summed E-state index contributed by atoms with van der Waals surface area (Å²) in [6.07, 6.45) is -2.73. The standard InChI is InChI=1S/C11H12BrFO4/c12-5-9(14)11(17)8-2-1-7(13)3-6(8)4-10(15)16/h1-3,9,11,14,17H,4-5H2,(H,15,16). The largest absolute Gasteiger partial charge is 0.481 e. The number of carboxylic acids is 1. The lowest BCUT2D eigenvalue weighted by Crippen LogP contribution is -2.21. The van der Waals surface area contributed by atoms with Crippen LogP contribution in [0.3, 0.4) is 0 Å². The molecule has 0 aliphatic carbocycles. The molecule has 94 valence electrons. The van der Waals surface area contributed by atoms with Gasteiger partial charge < -0.3 is 15.3 Å². The highest BCUT2D eigenvalue weighted by Crippen LogP contribution is 2.23. The first kappa shape index (κ1) is 14.1. The summed E-state index contributed by atoms with van der Waals surface area (Å²) in [6.45, 7) is 0. The Morgan fingerprint density at radius 1 is 1.41 bits per heavy atom. The highest BCUT2D eigenvalue weighted by Gasteiger charge is 2.21. The van der Waals surface area contributed by atoms with Crippen LogP contribution in [0.4, 0.5) is 4.39 Å². The quantitative estimate of drug-likeness (QED) is 0.715. The molecule has 0 aromatic heterocycles. The average molecular weight is 307 g/mol. The van der Waals surface area contributed by atoms with Crippen LogP contribution < -0.4 is 0 Å². The van der Waals surface area contributed by atoms with Crippen molar-refractivity contribution >= 4 is 21.9 Å². The van der Waals surface area contributed by atoms with Gasteiger partial charge in [0.05, 0.1) is 12.5 Å². The van der Waals surface area contributed by atoms with Gasteiger partial charge in [0.1, 0.15) is 11.9 Å². The van der Waals surface area contributed by atoms with Gasteiger partial charge in [-0.2, -0.15) is 0 Å². The molecule has 0 bridgehead atoms. The van der Waals surface area contributed by atoms with Gasteiger partial charge in [-0.05, 0) is 23.3 Å². The molecule has 0 saturated heterocycles. The molecule has 0 spiro atoms. The normalized spacial score (nSPS) is 14.4. The molecule has 6 heteroatoms. The lowest BCUT2D eigenvalue weighted by molar-refractivity contribution is -0.136. The van der Waals surface area contributed by atoms with Gasteiger partial charge in [-0.25, -0.2) is 4.39 Å². The number of carboxylic acid groups (broad SMARTS) is 1. The maximum atomic E-state index is 13.0. The van der Waals surface area contributed by atoms with Crippen molar-refractivity contribution in [3.63, 3.8) is 0 Å². The molecule has 0 aliphatic rings. The van der Waals surface area contributed by atoms with E-state index in [4.69, 9.17) is 5.11 Å². The third kappa shape index (κ3) is 3.76. The number of halogens is 2. The van der Waals surface area contributed by atoms with Crippen LogP contribution in [0.2, 0.25) is 0 Å². The van der Waals surface area contributed by atoms with Crippen LogP contribution in [0.5, 0.6) is 0 Å². The van der Waals surface area contributed by atoms with Gasteiger partial charge in [0, 0.05) is 5.33 Å². The van der Waals surface area contributed by atoms with E-state index in [0.717, 1.165) is 12.1 Å². The van der Waals surface area contributed by atoms with E-state index < -0.39 is 30.4 Å². The SMILES string of the molecule is O=C(O)Cc1cc(F)ccc1C(O)C(O)CBr. The molecule has 0 aliphatic heterocycles. The van der Waals surface area contributed by atoms with Crippen LogP contribution in [0.25, 0.3) is 0 Å². The molecular weight excluding hydrogens is 295 g/mol. The molecule has 2 unspecified atom stereocenters. The average Bonchev–Trinajstić information content (AvgIpc) is 2.26. The molecule has 4 nitrogen and oxygen atoms in total. The van der Waals surface area contributed by atoms with E-state index in [1.807, 2.05) is 0 Å². The monoisotopic (exact) mass is 306 g/mol. The van der Waals surface area contributed by atoms with Crippen molar-refractivity contribution in [3.05, 3.63) is 35.1 Å². The van der Waals surface area contributed by atoms with Crippen LogP contribution in [-0.4, -0.2) is 32.7 Å². The third-order valence-corrected chi connectivity index (χ3v) is 2.95. The Morgan fingerprint density at radius 3 is 2.59 bits per heavy atom. The van der Waals surface area contributed by atoms with Crippen molar-refractivity contribution in [1.29, 1.82) is 0 Å². The summed E-state index contributed by atoms with van der Waals surface area (Å²) in [4.78, 5) is 10.6. The number of benzene rings is 1. The van der Waals surface area contributed by atoms with E-state index >= 15 is 0 Å². The van der Waals surface area contributed by atoms with E-state index in [2.05, 4.69) is 15.9 Å². The van der Waals surface area contributed by atoms with Crippen molar-refractivity contribution < 1.29 is 24.5 Å². The van der Waals surface area contributed by atoms with Crippen molar-refractivity contribution in [2.75, 3.05) is 5.33 Å². The summed E-state index contributed by atoms with van der Waals surface area (Å²) in [5.74, 6) is -1.71. The lowest BCUT2D eigenvalue weighted by atomic mass is 9.97. The van der Waals surface area contributed by atoms with Crippen molar-refractivity contribution in [1.82, 2.24) is 0 Å². The second-order valence-electron chi connectivity index (χ2n) is 3.58. The first-order valence-electron chi connectivity index (χ1n) is 4.88. The zero-order valence-electron chi connectivity index (χ0n) is 8.81. The number of aliphatic hydroxyl groups excluding tert-OH is 2. The number of alkyl halides is 1. The molecule has 1 aromatic carbocycles. The molecule has 0 heterocycles. The first-order chi connectivity index (χ1) is 7.95. The van der Waals surface area contributed by atoms with E-state index in [1.54, 1.807) is 0 Å². The third-order valence-electron chi connectivity index (χ3n) is 2.29. The molecule has 1 aromatic rings. The number of carbonyl (C=O) groups is 1. The second-order valence-corrected chi connectivity index (χ2v) is 4.23. The van der Waals surface area contributed by atoms with Gasteiger partial charge in [0.15, 0.2) is 0 Å². The number of hydrogen-bond donors (Lipinski definition) is 3. The molecule has 0 radical (unpaired) electrons. The minimum atomic E-state index is -1.25. The molecule has 17 heavy (non-hydrogen) atoms. The van der Waals surface area contributed by atoms with Crippen LogP contribution in [0, 0.1) is 5.82 Å². The van der Waals surface area contributed by atoms with E-state index in [9.17, 15) is 19.4 Å². The van der Waals surface area contributed by atoms with E-state index in [0.29, 0.717) is 0 Å². The summed E-state index contributed by atoms with van der Waals surface area (Å²) in [5.41, 5.74) is 0.380. The topological polar surface area (TPSA) is 77.8 Å². The fraction of sp³-hybridized carbons (Fsp3) is 0.364. The van der Waals surface area contributed by atoms with Crippen LogP contribution >= 0.6 is 15.9 Å². The Balaban J connectivity index is 3.09. The van der Waals surface area contributed by atoms with Gasteiger partial charge >= 0.3 is 5.97 Å². The van der Waals surface area contributed by atoms with Gasteiger partial charge in [-0.3, -0.25) is 4.79 Å². The van der Waals surface area contributed by atoms with Gasteiger partial charge in [-0.15, -0.1) is 0 Å². The summed E-state index contributed by atoms with van der Waals surface area (Å²) >= 11 is 3.00. The smallest absolute Gasteiger partial charge is 0.307 e. The predicted octanol–water partition coefficient (Wildman–Crippen LogP) is 1.24. The summed E-state index contributed by atoms with van der Waals surface area (Å²) in [7, 11) is 0. The zero-order chi connectivity index (χ0) is 13.0. The van der Waals surface area contributed by atoms with E-state index in [1.165, 1.54) is 6.07 Å². The molecule has 0 fully saturated rings. The number of hydrogen-bond acceptors (Lipinski definition) is 3. The minimum absolute atomic E-state index is 0.137. The number of aliphatic hydroxyl groups is 2. The van der Waals surface area contributed by atoms with E-state index in [-0.39, 0.29) is 16.5 Å². The maximum Gasteiger partial charge on any atom is 0.307 e. The fourth-order valence-corrected chi connectivity index (χ4v) is 1.82. The van der Waals surface area contributed by atoms with Crippen molar-refractivity contribution in [2.24, 2.45) is 0 Å². The highest BCUT2D eigenvalue weighted by molar-refractivity contribution is 9.09. The Kier molecular flexibility index (Phi) is 5.04. The minimum Gasteiger partial charge on any atom is -0.481 e. The molecule has 3 N–H and O–H groups in total. The molecule has 0 saturated carbocycles. The molecule has 2 atom stereocenters. The Labute approximate surface area is 106 Å². The predicted molar refractivity (Wildman–Crippen MR) is 62.5 cm³/mol. The van der Waals surface area contributed by atoms with Crippen LogP contribution in [0.15, 0.2) is 18.2 Å². The zero-order valence-corrected chi connectivity index (χ0v) is 10.4. The summed E-state index contributed by atoms with van der Waals surface area (Å²) in [5, 5.41) is 28.1. The molecular formula is C11H12BrFO4. The Morgan fingerprint density at radius 2 is 2.06 bits per heavy atom. The van der Waals surface area contributed by atoms with Gasteiger partial charge in [0.25, 0.3) is 0 Å². The summed E-state index contributed by atoms with van der Waals surface area (Å²) in [6, 6.07) is 3.45. The Bertz CT molecular complexity index is 410. The summed E-state index contributed by atoms with van der Waals surface area (Å²) < 4.78 is 13.0.